The first-order chi connectivity index (χ1) is 6.95. The second-order valence-corrected chi connectivity index (χ2v) is 6.11. The second kappa shape index (κ2) is 8.20. The van der Waals surface area contributed by atoms with Gasteiger partial charge in [-0.2, -0.15) is 0 Å². The Morgan fingerprint density at radius 2 is 1.53 bits per heavy atom. The van der Waals surface area contributed by atoms with Crippen molar-refractivity contribution in [1.29, 1.82) is 0 Å². The minimum atomic E-state index is -3.79. The largest absolute Gasteiger partial charge is 0.492 e. The van der Waals surface area contributed by atoms with Gasteiger partial charge in [0.25, 0.3) is 0 Å². The summed E-state index contributed by atoms with van der Waals surface area (Å²) in [7, 11) is -3.79. The maximum Gasteiger partial charge on any atom is 0.492 e. The average molecular weight is 236 g/mol. The normalized spacial score (nSPS) is 14.2. The summed E-state index contributed by atoms with van der Waals surface area (Å²) in [4.78, 5) is 26.2. The van der Waals surface area contributed by atoms with Crippen LogP contribution in [0.15, 0.2) is 0 Å². The highest BCUT2D eigenvalue weighted by atomic mass is 28.4. The zero-order valence-electron chi connectivity index (χ0n) is 9.23. The van der Waals surface area contributed by atoms with Gasteiger partial charge in [0.1, 0.15) is 0 Å². The van der Waals surface area contributed by atoms with Crippen molar-refractivity contribution in [3.63, 3.8) is 0 Å². The highest BCUT2D eigenvalue weighted by Gasteiger charge is 2.25. The fourth-order valence-electron chi connectivity index (χ4n) is 1.48. The van der Waals surface area contributed by atoms with Gasteiger partial charge in [0.2, 0.25) is 0 Å². The molecule has 0 aliphatic heterocycles. The van der Waals surface area contributed by atoms with Crippen LogP contribution in [0, 0.1) is 0 Å². The number of rotatable bonds is 9. The molecule has 0 aliphatic rings. The first-order valence-corrected chi connectivity index (χ1v) is 7.63. The third kappa shape index (κ3) is 11.9. The van der Waals surface area contributed by atoms with E-state index < -0.39 is 8.80 Å². The van der Waals surface area contributed by atoms with Gasteiger partial charge in [0.05, 0.1) is 0 Å². The van der Waals surface area contributed by atoms with Gasteiger partial charge in [0, 0.05) is 12.1 Å². The van der Waals surface area contributed by atoms with Crippen molar-refractivity contribution in [2.75, 3.05) is 6.54 Å². The topological polar surface area (TPSA) is 113 Å². The van der Waals surface area contributed by atoms with Gasteiger partial charge in [-0.3, -0.25) is 0 Å². The van der Waals surface area contributed by atoms with Crippen molar-refractivity contribution in [3.05, 3.63) is 0 Å². The standard InChI is InChI=1S/C9H24N2O3Si/c10-7-6-9(11)5-3-1-2-4-8-15(12,13)14/h9,12-14H,1-8,10-11H2. The lowest BCUT2D eigenvalue weighted by Crippen LogP contribution is -2.33. The van der Waals surface area contributed by atoms with Gasteiger partial charge < -0.3 is 25.9 Å². The molecule has 0 saturated carbocycles. The summed E-state index contributed by atoms with van der Waals surface area (Å²) < 4.78 is 0. The number of unbranched alkanes of at least 4 members (excludes halogenated alkanes) is 3. The van der Waals surface area contributed by atoms with Crippen molar-refractivity contribution < 1.29 is 14.4 Å². The van der Waals surface area contributed by atoms with Gasteiger partial charge in [-0.1, -0.05) is 19.3 Å². The van der Waals surface area contributed by atoms with E-state index in [9.17, 15) is 0 Å². The van der Waals surface area contributed by atoms with E-state index in [1.807, 2.05) is 0 Å². The molecule has 7 N–H and O–H groups in total. The van der Waals surface area contributed by atoms with E-state index in [-0.39, 0.29) is 12.1 Å². The molecule has 0 bridgehead atoms. The molecule has 6 heteroatoms. The van der Waals surface area contributed by atoms with Crippen LogP contribution in [0.3, 0.4) is 0 Å². The Bertz CT molecular complexity index is 153. The molecule has 0 aliphatic carbocycles. The molecule has 92 valence electrons. The molecule has 15 heavy (non-hydrogen) atoms. The Balaban J connectivity index is 3.18. The maximum absolute atomic E-state index is 8.75. The quantitative estimate of drug-likeness (QED) is 0.274. The van der Waals surface area contributed by atoms with Crippen molar-refractivity contribution >= 4 is 8.80 Å². The fraction of sp³-hybridized carbons (Fsp3) is 1.00. The van der Waals surface area contributed by atoms with Crippen molar-refractivity contribution in [3.8, 4) is 0 Å². The van der Waals surface area contributed by atoms with Crippen molar-refractivity contribution in [2.45, 2.75) is 50.6 Å². The Hall–Kier alpha value is 0.0169. The zero-order chi connectivity index (χ0) is 11.7. The van der Waals surface area contributed by atoms with Crippen molar-refractivity contribution in [2.24, 2.45) is 11.5 Å². The van der Waals surface area contributed by atoms with E-state index in [1.54, 1.807) is 0 Å². The van der Waals surface area contributed by atoms with E-state index in [2.05, 4.69) is 0 Å². The number of hydrogen-bond donors (Lipinski definition) is 5. The fourth-order valence-corrected chi connectivity index (χ4v) is 2.21. The lowest BCUT2D eigenvalue weighted by Gasteiger charge is -2.10. The Morgan fingerprint density at radius 1 is 0.933 bits per heavy atom. The van der Waals surface area contributed by atoms with Gasteiger partial charge in [-0.25, -0.2) is 0 Å². The van der Waals surface area contributed by atoms with E-state index in [1.165, 1.54) is 0 Å². The van der Waals surface area contributed by atoms with E-state index in [4.69, 9.17) is 25.9 Å². The second-order valence-electron chi connectivity index (χ2n) is 4.06. The Kier molecular flexibility index (Phi) is 8.21. The van der Waals surface area contributed by atoms with E-state index in [0.29, 0.717) is 13.0 Å². The van der Waals surface area contributed by atoms with Crippen LogP contribution in [-0.4, -0.2) is 35.8 Å². The first kappa shape index (κ1) is 15.0. The third-order valence-electron chi connectivity index (χ3n) is 2.37. The molecule has 0 heterocycles. The summed E-state index contributed by atoms with van der Waals surface area (Å²) in [6.45, 7) is 0.634. The van der Waals surface area contributed by atoms with Gasteiger partial charge in [-0.05, 0) is 25.8 Å². The Morgan fingerprint density at radius 3 is 2.07 bits per heavy atom. The molecule has 0 saturated heterocycles. The predicted octanol–water partition coefficient (Wildman–Crippen LogP) is -0.471. The first-order valence-electron chi connectivity index (χ1n) is 5.58. The lowest BCUT2D eigenvalue weighted by atomic mass is 10.1. The van der Waals surface area contributed by atoms with E-state index >= 15 is 0 Å². The van der Waals surface area contributed by atoms with Gasteiger partial charge in [0.15, 0.2) is 0 Å². The predicted molar refractivity (Wildman–Crippen MR) is 61.9 cm³/mol. The number of nitrogens with two attached hydrogens (primary N) is 2. The van der Waals surface area contributed by atoms with Crippen LogP contribution < -0.4 is 11.5 Å². The SMILES string of the molecule is NCCC(N)CCCCCC[Si](O)(O)O. The molecule has 0 aromatic heterocycles. The molecular formula is C9H24N2O3Si. The summed E-state index contributed by atoms with van der Waals surface area (Å²) >= 11 is 0. The summed E-state index contributed by atoms with van der Waals surface area (Å²) in [5.41, 5.74) is 11.1. The van der Waals surface area contributed by atoms with Gasteiger partial charge in [-0.15, -0.1) is 0 Å². The van der Waals surface area contributed by atoms with Crippen molar-refractivity contribution in [1.82, 2.24) is 0 Å². The maximum atomic E-state index is 8.75. The highest BCUT2D eigenvalue weighted by Crippen LogP contribution is 2.10. The molecule has 0 aromatic carbocycles. The molecule has 0 radical (unpaired) electrons. The molecule has 1 atom stereocenters. The minimum Gasteiger partial charge on any atom is -0.390 e. The monoisotopic (exact) mass is 236 g/mol. The minimum absolute atomic E-state index is 0.141. The van der Waals surface area contributed by atoms with Crippen LogP contribution in [0.25, 0.3) is 0 Å². The molecule has 0 fully saturated rings. The average Bonchev–Trinajstić information content (AvgIpc) is 2.09. The summed E-state index contributed by atoms with van der Waals surface area (Å²) in [6, 6.07) is 0.332. The smallest absolute Gasteiger partial charge is 0.390 e. The van der Waals surface area contributed by atoms with Gasteiger partial charge >= 0.3 is 8.80 Å². The molecule has 0 rings (SSSR count). The third-order valence-corrected chi connectivity index (χ3v) is 3.40. The van der Waals surface area contributed by atoms with Crippen LogP contribution >= 0.6 is 0 Å². The zero-order valence-corrected chi connectivity index (χ0v) is 10.2. The summed E-state index contributed by atoms with van der Waals surface area (Å²) in [5.74, 6) is 0. The molecule has 1 unspecified atom stereocenters. The molecule has 0 aromatic rings. The lowest BCUT2D eigenvalue weighted by molar-refractivity contribution is 0.226. The van der Waals surface area contributed by atoms with Crippen LogP contribution in [0.1, 0.15) is 38.5 Å². The molecular weight excluding hydrogens is 212 g/mol. The van der Waals surface area contributed by atoms with Crippen LogP contribution in [0.5, 0.6) is 0 Å². The summed E-state index contributed by atoms with van der Waals surface area (Å²) in [6.07, 6.45) is 5.46. The summed E-state index contributed by atoms with van der Waals surface area (Å²) in [5, 5.41) is 0. The van der Waals surface area contributed by atoms with Crippen LogP contribution in [-0.2, 0) is 0 Å². The van der Waals surface area contributed by atoms with Crippen LogP contribution in [0.2, 0.25) is 6.04 Å². The number of hydrogen-bond acceptors (Lipinski definition) is 5. The molecule has 0 amide bonds. The van der Waals surface area contributed by atoms with E-state index in [0.717, 1.165) is 32.1 Å². The molecule has 0 spiro atoms. The van der Waals surface area contributed by atoms with Crippen LogP contribution in [0.4, 0.5) is 0 Å². The highest BCUT2D eigenvalue weighted by molar-refractivity contribution is 6.56. The Labute approximate surface area is 92.5 Å². The molecule has 5 nitrogen and oxygen atoms in total.